The Kier molecular flexibility index (Phi) is 4.76. The van der Waals surface area contributed by atoms with Gasteiger partial charge in [-0.15, -0.1) is 11.8 Å². The van der Waals surface area contributed by atoms with Gasteiger partial charge in [-0.3, -0.25) is 9.59 Å². The minimum atomic E-state index is -0.396. The summed E-state index contributed by atoms with van der Waals surface area (Å²) in [5.41, 5.74) is -0.396. The van der Waals surface area contributed by atoms with Crippen molar-refractivity contribution in [1.29, 1.82) is 0 Å². The van der Waals surface area contributed by atoms with Crippen molar-refractivity contribution < 1.29 is 14.0 Å². The van der Waals surface area contributed by atoms with E-state index in [1.165, 1.54) is 4.90 Å². The Morgan fingerprint density at radius 2 is 2.04 bits per heavy atom. The average molecular weight is 370 g/mol. The van der Waals surface area contributed by atoms with Gasteiger partial charge in [0.05, 0.1) is 11.2 Å². The fourth-order valence-corrected chi connectivity index (χ4v) is 4.58. The third-order valence-corrected chi connectivity index (χ3v) is 6.27. The molecule has 5 nitrogen and oxygen atoms in total. The van der Waals surface area contributed by atoms with E-state index in [0.717, 1.165) is 31.6 Å². The van der Waals surface area contributed by atoms with Gasteiger partial charge < -0.3 is 14.6 Å². The number of hydrogen-bond acceptors (Lipinski definition) is 4. The van der Waals surface area contributed by atoms with Crippen LogP contribution in [0, 0.1) is 5.41 Å². The highest BCUT2D eigenvalue weighted by atomic mass is 32.2. The number of amides is 2. The molecule has 1 aromatic heterocycles. The number of carbonyl (C=O) groups is 2. The minimum absolute atomic E-state index is 0.0958. The molecule has 1 atom stereocenters. The molecule has 3 heterocycles. The first kappa shape index (κ1) is 17.2. The predicted octanol–water partition coefficient (Wildman–Crippen LogP) is 3.31. The fraction of sp³-hybridized carbons (Fsp3) is 0.400. The lowest BCUT2D eigenvalue weighted by atomic mass is 9.79. The number of likely N-dealkylation sites (tertiary alicyclic amines) is 1. The van der Waals surface area contributed by atoms with E-state index in [2.05, 4.69) is 17.4 Å². The summed E-state index contributed by atoms with van der Waals surface area (Å²) in [6, 6.07) is 13.7. The van der Waals surface area contributed by atoms with Gasteiger partial charge in [0.1, 0.15) is 5.76 Å². The van der Waals surface area contributed by atoms with Gasteiger partial charge in [0.2, 0.25) is 5.91 Å². The quantitative estimate of drug-likeness (QED) is 0.839. The molecule has 4 rings (SSSR count). The summed E-state index contributed by atoms with van der Waals surface area (Å²) in [5, 5.41) is 2.95. The first-order valence-corrected chi connectivity index (χ1v) is 9.99. The lowest BCUT2D eigenvalue weighted by Crippen LogP contribution is -2.47. The van der Waals surface area contributed by atoms with E-state index >= 15 is 0 Å². The van der Waals surface area contributed by atoms with E-state index in [9.17, 15) is 9.59 Å². The lowest BCUT2D eigenvalue weighted by Gasteiger charge is -2.31. The SMILES string of the molecule is O=C(c1ccc(CSc2ccccc2)o1)N1CC[C@@]2(CCCNC2=O)C1. The van der Waals surface area contributed by atoms with Gasteiger partial charge in [0.25, 0.3) is 5.91 Å². The number of piperidine rings is 1. The molecule has 2 fully saturated rings. The smallest absolute Gasteiger partial charge is 0.289 e. The highest BCUT2D eigenvalue weighted by Gasteiger charge is 2.47. The molecule has 136 valence electrons. The number of nitrogens with zero attached hydrogens (tertiary/aromatic N) is 1. The Hall–Kier alpha value is -2.21. The molecule has 0 saturated carbocycles. The van der Waals surface area contributed by atoms with Gasteiger partial charge in [-0.25, -0.2) is 0 Å². The summed E-state index contributed by atoms with van der Waals surface area (Å²) in [6.45, 7) is 1.85. The Balaban J connectivity index is 1.38. The van der Waals surface area contributed by atoms with Crippen LogP contribution in [0.25, 0.3) is 0 Å². The molecule has 0 bridgehead atoms. The average Bonchev–Trinajstić information content (AvgIpc) is 3.31. The van der Waals surface area contributed by atoms with Crippen LogP contribution in [0.2, 0.25) is 0 Å². The Morgan fingerprint density at radius 1 is 1.19 bits per heavy atom. The first-order valence-electron chi connectivity index (χ1n) is 9.00. The first-order chi connectivity index (χ1) is 12.7. The molecule has 1 spiro atoms. The van der Waals surface area contributed by atoms with E-state index in [4.69, 9.17) is 4.42 Å². The van der Waals surface area contributed by atoms with E-state index < -0.39 is 5.41 Å². The van der Waals surface area contributed by atoms with Gasteiger partial charge in [0.15, 0.2) is 5.76 Å². The summed E-state index contributed by atoms with van der Waals surface area (Å²) in [6.07, 6.45) is 2.58. The van der Waals surface area contributed by atoms with E-state index in [1.54, 1.807) is 22.7 Å². The van der Waals surface area contributed by atoms with E-state index in [1.807, 2.05) is 24.3 Å². The van der Waals surface area contributed by atoms with Crippen molar-refractivity contribution in [2.45, 2.75) is 29.9 Å². The Morgan fingerprint density at radius 3 is 2.85 bits per heavy atom. The second kappa shape index (κ2) is 7.19. The van der Waals surface area contributed by atoms with Crippen molar-refractivity contribution >= 4 is 23.6 Å². The van der Waals surface area contributed by atoms with Crippen molar-refractivity contribution in [2.24, 2.45) is 5.41 Å². The zero-order valence-corrected chi connectivity index (χ0v) is 15.4. The number of thioether (sulfide) groups is 1. The second-order valence-corrected chi connectivity index (χ2v) is 8.03. The summed E-state index contributed by atoms with van der Waals surface area (Å²) in [7, 11) is 0. The zero-order chi connectivity index (χ0) is 18.0. The van der Waals surface area contributed by atoms with Crippen LogP contribution in [-0.4, -0.2) is 36.3 Å². The number of carbonyl (C=O) groups excluding carboxylic acids is 2. The summed E-state index contributed by atoms with van der Waals surface area (Å²) in [5.74, 6) is 1.81. The maximum absolute atomic E-state index is 12.8. The van der Waals surface area contributed by atoms with Crippen molar-refractivity contribution in [1.82, 2.24) is 10.2 Å². The van der Waals surface area contributed by atoms with Gasteiger partial charge >= 0.3 is 0 Å². The van der Waals surface area contributed by atoms with Crippen LogP contribution in [0.4, 0.5) is 0 Å². The monoisotopic (exact) mass is 370 g/mol. The zero-order valence-electron chi connectivity index (χ0n) is 14.6. The molecular weight excluding hydrogens is 348 g/mol. The van der Waals surface area contributed by atoms with Gasteiger partial charge in [0, 0.05) is 24.5 Å². The molecule has 2 amide bonds. The third-order valence-electron chi connectivity index (χ3n) is 5.24. The summed E-state index contributed by atoms with van der Waals surface area (Å²) < 4.78 is 5.77. The normalized spacial score (nSPS) is 22.6. The van der Waals surface area contributed by atoms with Crippen LogP contribution < -0.4 is 5.32 Å². The van der Waals surface area contributed by atoms with Crippen LogP contribution in [0.3, 0.4) is 0 Å². The molecule has 0 radical (unpaired) electrons. The predicted molar refractivity (Wildman–Crippen MR) is 99.9 cm³/mol. The summed E-state index contributed by atoms with van der Waals surface area (Å²) >= 11 is 1.68. The molecule has 1 aromatic carbocycles. The Bertz CT molecular complexity index is 804. The van der Waals surface area contributed by atoms with Crippen LogP contribution >= 0.6 is 11.8 Å². The van der Waals surface area contributed by atoms with E-state index in [-0.39, 0.29) is 11.8 Å². The number of benzene rings is 1. The molecule has 2 aliphatic rings. The molecule has 2 aromatic rings. The van der Waals surface area contributed by atoms with Crippen LogP contribution in [0.1, 0.15) is 35.6 Å². The minimum Gasteiger partial charge on any atom is -0.455 e. The van der Waals surface area contributed by atoms with Crippen molar-refractivity contribution in [3.63, 3.8) is 0 Å². The van der Waals surface area contributed by atoms with Crippen molar-refractivity contribution in [2.75, 3.05) is 19.6 Å². The van der Waals surface area contributed by atoms with Crippen molar-refractivity contribution in [3.05, 3.63) is 54.0 Å². The Labute approximate surface area is 157 Å². The van der Waals surface area contributed by atoms with Crippen molar-refractivity contribution in [3.8, 4) is 0 Å². The van der Waals surface area contributed by atoms with Gasteiger partial charge in [-0.1, -0.05) is 18.2 Å². The maximum Gasteiger partial charge on any atom is 0.289 e. The molecule has 2 aliphatic heterocycles. The molecule has 26 heavy (non-hydrogen) atoms. The highest BCUT2D eigenvalue weighted by Crippen LogP contribution is 2.38. The maximum atomic E-state index is 12.8. The third kappa shape index (κ3) is 3.38. The number of furan rings is 1. The van der Waals surface area contributed by atoms with Crippen LogP contribution in [-0.2, 0) is 10.5 Å². The van der Waals surface area contributed by atoms with E-state index in [0.29, 0.717) is 24.6 Å². The second-order valence-electron chi connectivity index (χ2n) is 6.98. The molecule has 0 unspecified atom stereocenters. The molecular formula is C20H22N2O3S. The summed E-state index contributed by atoms with van der Waals surface area (Å²) in [4.78, 5) is 28.0. The van der Waals surface area contributed by atoms with Gasteiger partial charge in [-0.05, 0) is 43.5 Å². The number of nitrogens with one attached hydrogen (secondary N) is 1. The van der Waals surface area contributed by atoms with Crippen LogP contribution in [0.15, 0.2) is 51.8 Å². The standard InChI is InChI=1S/C20H22N2O3S/c23-18(22-12-10-20(14-22)9-4-11-21-19(20)24)17-8-7-15(25-17)13-26-16-5-2-1-3-6-16/h1-3,5-8H,4,9-14H2,(H,21,24)/t20-/m0/s1. The highest BCUT2D eigenvalue weighted by molar-refractivity contribution is 7.98. The number of rotatable bonds is 4. The lowest BCUT2D eigenvalue weighted by molar-refractivity contribution is -0.132. The molecule has 0 aliphatic carbocycles. The fourth-order valence-electron chi connectivity index (χ4n) is 3.76. The largest absolute Gasteiger partial charge is 0.455 e. The molecule has 6 heteroatoms. The topological polar surface area (TPSA) is 62.6 Å². The number of hydrogen-bond donors (Lipinski definition) is 1. The molecule has 2 saturated heterocycles. The van der Waals surface area contributed by atoms with Gasteiger partial charge in [-0.2, -0.15) is 0 Å². The van der Waals surface area contributed by atoms with Crippen LogP contribution in [0.5, 0.6) is 0 Å². The molecule has 1 N–H and O–H groups in total.